The Bertz CT molecular complexity index is 545. The first-order chi connectivity index (χ1) is 16.6. The van der Waals surface area contributed by atoms with Crippen molar-refractivity contribution in [2.75, 3.05) is 26.2 Å². The van der Waals surface area contributed by atoms with Gasteiger partial charge in [-0.05, 0) is 32.6 Å². The van der Waals surface area contributed by atoms with Gasteiger partial charge in [-0.2, -0.15) is 0 Å². The van der Waals surface area contributed by atoms with Gasteiger partial charge in [0, 0.05) is 13.3 Å². The first-order valence-corrected chi connectivity index (χ1v) is 14.9. The Morgan fingerprint density at radius 2 is 1.38 bits per heavy atom. The number of hydrogen-bond acceptors (Lipinski definition) is 2. The van der Waals surface area contributed by atoms with Crippen LogP contribution in [0.4, 0.5) is 0 Å². The summed E-state index contributed by atoms with van der Waals surface area (Å²) in [6, 6.07) is 0. The van der Waals surface area contributed by atoms with Gasteiger partial charge in [-0.3, -0.25) is 9.28 Å². The van der Waals surface area contributed by atoms with Crippen molar-refractivity contribution in [3.8, 4) is 0 Å². The number of rotatable bonds is 23. The highest BCUT2D eigenvalue weighted by Gasteiger charge is 2.37. The lowest BCUT2D eigenvalue weighted by atomic mass is 10.0. The second kappa shape index (κ2) is 21.1. The van der Waals surface area contributed by atoms with E-state index in [9.17, 15) is 4.79 Å². The molecular formula is C30H58N3O+. The Morgan fingerprint density at radius 3 is 1.91 bits per heavy atom. The van der Waals surface area contributed by atoms with E-state index in [1.165, 1.54) is 116 Å². The standard InChI is InChI=1S/C30H57N3O/c1-4-6-7-8-9-10-11-12-13-14-15-16-17-18-19-20-21-22-23-24-30-32-26-28-33(30,5-2)27-25-31-29(3)34/h8-9,26,30H,4-7,10-25,27-28H2,1-3H3/p+1/b9-8+. The van der Waals surface area contributed by atoms with Crippen LogP contribution in [0.2, 0.25) is 0 Å². The average Bonchev–Trinajstić information content (AvgIpc) is 3.23. The zero-order valence-electron chi connectivity index (χ0n) is 23.2. The maximum absolute atomic E-state index is 11.2. The number of amides is 1. The Balaban J connectivity index is 1.90. The van der Waals surface area contributed by atoms with Crippen molar-refractivity contribution in [3.05, 3.63) is 12.2 Å². The quantitative estimate of drug-likeness (QED) is 0.0906. The normalized spacial score (nSPS) is 19.9. The van der Waals surface area contributed by atoms with Gasteiger partial charge in [-0.1, -0.05) is 103 Å². The van der Waals surface area contributed by atoms with Crippen LogP contribution < -0.4 is 5.32 Å². The summed E-state index contributed by atoms with van der Waals surface area (Å²) in [7, 11) is 0. The van der Waals surface area contributed by atoms with Crippen LogP contribution in [0.25, 0.3) is 0 Å². The maximum atomic E-state index is 11.2. The molecule has 4 heteroatoms. The molecule has 1 aliphatic rings. The number of allylic oxidation sites excluding steroid dienone is 2. The lowest BCUT2D eigenvalue weighted by Gasteiger charge is -2.38. The summed E-state index contributed by atoms with van der Waals surface area (Å²) in [6.07, 6.45) is 31.9. The molecule has 0 bridgehead atoms. The van der Waals surface area contributed by atoms with Crippen LogP contribution in [-0.2, 0) is 4.79 Å². The van der Waals surface area contributed by atoms with Gasteiger partial charge >= 0.3 is 0 Å². The van der Waals surface area contributed by atoms with E-state index in [0.717, 1.165) is 30.7 Å². The first kappa shape index (κ1) is 30.9. The highest BCUT2D eigenvalue weighted by atomic mass is 16.1. The largest absolute Gasteiger partial charge is 0.351 e. The third-order valence-corrected chi connectivity index (χ3v) is 7.64. The van der Waals surface area contributed by atoms with Crippen LogP contribution in [0.1, 0.15) is 136 Å². The summed E-state index contributed by atoms with van der Waals surface area (Å²) in [5.41, 5.74) is 0. The van der Waals surface area contributed by atoms with E-state index in [1.807, 2.05) is 0 Å². The van der Waals surface area contributed by atoms with E-state index >= 15 is 0 Å². The predicted octanol–water partition coefficient (Wildman–Crippen LogP) is 7.97. The number of carbonyl (C=O) groups is 1. The predicted molar refractivity (Wildman–Crippen MR) is 149 cm³/mol. The summed E-state index contributed by atoms with van der Waals surface area (Å²) >= 11 is 0. The van der Waals surface area contributed by atoms with Crippen LogP contribution in [0, 0.1) is 0 Å². The SMILES string of the molecule is CCCC/C=C/CCCCCCCCCCCCCCCC1N=CC[N+]1(CC)CCNC(C)=O. The molecule has 2 atom stereocenters. The average molecular weight is 477 g/mol. The van der Waals surface area contributed by atoms with Gasteiger partial charge in [0.15, 0.2) is 6.17 Å². The van der Waals surface area contributed by atoms with Crippen molar-refractivity contribution in [2.45, 2.75) is 143 Å². The van der Waals surface area contributed by atoms with Gasteiger partial charge in [0.2, 0.25) is 5.91 Å². The minimum atomic E-state index is 0.0718. The molecule has 2 unspecified atom stereocenters. The fraction of sp³-hybridized carbons (Fsp3) is 0.867. The minimum Gasteiger partial charge on any atom is -0.351 e. The van der Waals surface area contributed by atoms with Gasteiger partial charge in [-0.15, -0.1) is 0 Å². The molecule has 0 aromatic carbocycles. The lowest BCUT2D eigenvalue weighted by Crippen LogP contribution is -2.55. The van der Waals surface area contributed by atoms with Gasteiger partial charge in [-0.25, -0.2) is 4.99 Å². The molecular weight excluding hydrogens is 418 g/mol. The number of quaternary nitrogens is 1. The zero-order chi connectivity index (χ0) is 24.7. The molecule has 0 radical (unpaired) electrons. The van der Waals surface area contributed by atoms with Crippen LogP contribution >= 0.6 is 0 Å². The molecule has 0 spiro atoms. The number of aliphatic imine (C=N–C) groups is 1. The molecule has 0 aliphatic carbocycles. The minimum absolute atomic E-state index is 0.0718. The van der Waals surface area contributed by atoms with E-state index in [1.54, 1.807) is 6.92 Å². The van der Waals surface area contributed by atoms with Crippen molar-refractivity contribution in [3.63, 3.8) is 0 Å². The summed E-state index contributed by atoms with van der Waals surface area (Å²) in [5.74, 6) is 0.0718. The Labute approximate surface area is 212 Å². The van der Waals surface area contributed by atoms with E-state index in [0.29, 0.717) is 6.17 Å². The molecule has 198 valence electrons. The number of unbranched alkanes of at least 4 members (excludes halogenated alkanes) is 15. The molecule has 4 nitrogen and oxygen atoms in total. The molecule has 34 heavy (non-hydrogen) atoms. The molecule has 0 aromatic heterocycles. The summed E-state index contributed by atoms with van der Waals surface area (Å²) in [5, 5.41) is 2.97. The summed E-state index contributed by atoms with van der Waals surface area (Å²) in [6.45, 7) is 10.0. The molecule has 1 aliphatic heterocycles. The molecule has 0 fully saturated rings. The molecule has 1 amide bonds. The first-order valence-electron chi connectivity index (χ1n) is 14.9. The molecule has 1 N–H and O–H groups in total. The van der Waals surface area contributed by atoms with Crippen LogP contribution in [0.5, 0.6) is 0 Å². The third-order valence-electron chi connectivity index (χ3n) is 7.64. The fourth-order valence-electron chi connectivity index (χ4n) is 5.23. The van der Waals surface area contributed by atoms with Gasteiger partial charge in [0.05, 0.1) is 25.8 Å². The zero-order valence-corrected chi connectivity index (χ0v) is 23.2. The van der Waals surface area contributed by atoms with Gasteiger partial charge < -0.3 is 5.32 Å². The van der Waals surface area contributed by atoms with Crippen LogP contribution in [0.3, 0.4) is 0 Å². The highest BCUT2D eigenvalue weighted by Crippen LogP contribution is 2.24. The maximum Gasteiger partial charge on any atom is 0.217 e. The van der Waals surface area contributed by atoms with Crippen molar-refractivity contribution < 1.29 is 9.28 Å². The van der Waals surface area contributed by atoms with Crippen LogP contribution in [-0.4, -0.2) is 48.9 Å². The van der Waals surface area contributed by atoms with Gasteiger partial charge in [0.1, 0.15) is 6.54 Å². The monoisotopic (exact) mass is 476 g/mol. The summed E-state index contributed by atoms with van der Waals surface area (Å²) < 4.78 is 1.02. The number of carbonyl (C=O) groups excluding carboxylic acids is 1. The van der Waals surface area contributed by atoms with Crippen molar-refractivity contribution in [2.24, 2.45) is 4.99 Å². The van der Waals surface area contributed by atoms with E-state index in [2.05, 4.69) is 37.5 Å². The van der Waals surface area contributed by atoms with Gasteiger partial charge in [0.25, 0.3) is 0 Å². The second-order valence-electron chi connectivity index (χ2n) is 10.5. The second-order valence-corrected chi connectivity index (χ2v) is 10.5. The molecule has 1 heterocycles. The van der Waals surface area contributed by atoms with Crippen molar-refractivity contribution in [1.82, 2.24) is 5.32 Å². The number of nitrogens with zero attached hydrogens (tertiary/aromatic N) is 2. The Hall–Kier alpha value is -1.16. The highest BCUT2D eigenvalue weighted by molar-refractivity contribution is 5.72. The number of likely N-dealkylation sites (N-methyl/N-ethyl adjacent to an activating group) is 1. The molecule has 0 saturated carbocycles. The molecule has 0 aromatic rings. The van der Waals surface area contributed by atoms with E-state index in [-0.39, 0.29) is 5.91 Å². The molecule has 1 rings (SSSR count). The topological polar surface area (TPSA) is 41.5 Å². The Morgan fingerprint density at radius 1 is 0.853 bits per heavy atom. The van der Waals surface area contributed by atoms with E-state index in [4.69, 9.17) is 4.99 Å². The number of hydrogen-bond donors (Lipinski definition) is 1. The smallest absolute Gasteiger partial charge is 0.217 e. The lowest BCUT2D eigenvalue weighted by molar-refractivity contribution is -0.935. The molecule has 0 saturated heterocycles. The Kier molecular flexibility index (Phi) is 19.2. The number of nitrogens with one attached hydrogen (secondary N) is 1. The van der Waals surface area contributed by atoms with Crippen molar-refractivity contribution in [1.29, 1.82) is 0 Å². The van der Waals surface area contributed by atoms with Crippen molar-refractivity contribution >= 4 is 12.1 Å². The summed E-state index contributed by atoms with van der Waals surface area (Å²) in [4.78, 5) is 16.0. The van der Waals surface area contributed by atoms with Crippen LogP contribution in [0.15, 0.2) is 17.1 Å². The van der Waals surface area contributed by atoms with E-state index < -0.39 is 0 Å². The fourth-order valence-corrected chi connectivity index (χ4v) is 5.23. The third kappa shape index (κ3) is 15.0.